The Kier molecular flexibility index (Phi) is 6.21. The van der Waals surface area contributed by atoms with E-state index in [2.05, 4.69) is 0 Å². The summed E-state index contributed by atoms with van der Waals surface area (Å²) in [6.07, 6.45) is 8.83. The van der Waals surface area contributed by atoms with Crippen LogP contribution in [0, 0.1) is 5.82 Å². The molecule has 2 aliphatic heterocycles. The Morgan fingerprint density at radius 2 is 1.67 bits per heavy atom. The standard InChI is InChI=1S/C24H31FN2O3/c25-19-10-8-9-18(15-19)24(16-21(28)26-13-6-2-1-3-7-14-26)17-22(29)27(23(24)30)20-11-4-5-12-20/h8-10,15,20H,1-7,11-14,16-17H2. The van der Waals surface area contributed by atoms with Gasteiger partial charge in [0.2, 0.25) is 17.7 Å². The molecule has 0 bridgehead atoms. The van der Waals surface area contributed by atoms with Crippen molar-refractivity contribution >= 4 is 17.7 Å². The van der Waals surface area contributed by atoms with E-state index in [0.29, 0.717) is 18.7 Å². The van der Waals surface area contributed by atoms with E-state index >= 15 is 0 Å². The molecular formula is C24H31FN2O3. The highest BCUT2D eigenvalue weighted by Crippen LogP contribution is 2.43. The molecule has 5 nitrogen and oxygen atoms in total. The quantitative estimate of drug-likeness (QED) is 0.701. The van der Waals surface area contributed by atoms with E-state index in [4.69, 9.17) is 0 Å². The number of nitrogens with zero attached hydrogens (tertiary/aromatic N) is 2. The monoisotopic (exact) mass is 414 g/mol. The van der Waals surface area contributed by atoms with E-state index in [1.807, 2.05) is 4.90 Å². The van der Waals surface area contributed by atoms with Gasteiger partial charge in [0.15, 0.2) is 0 Å². The van der Waals surface area contributed by atoms with Crippen molar-refractivity contribution in [1.82, 2.24) is 9.80 Å². The maximum absolute atomic E-state index is 14.1. The van der Waals surface area contributed by atoms with Crippen LogP contribution in [0.3, 0.4) is 0 Å². The summed E-state index contributed by atoms with van der Waals surface area (Å²) in [7, 11) is 0. The molecule has 3 amide bonds. The first-order chi connectivity index (χ1) is 14.5. The van der Waals surface area contributed by atoms with Gasteiger partial charge in [-0.1, -0.05) is 44.2 Å². The highest BCUT2D eigenvalue weighted by molar-refractivity contribution is 6.11. The molecule has 3 fully saturated rings. The van der Waals surface area contributed by atoms with E-state index in [0.717, 1.165) is 51.4 Å². The molecule has 1 aromatic rings. The largest absolute Gasteiger partial charge is 0.343 e. The summed E-state index contributed by atoms with van der Waals surface area (Å²) >= 11 is 0. The van der Waals surface area contributed by atoms with Crippen molar-refractivity contribution in [2.24, 2.45) is 0 Å². The maximum atomic E-state index is 14.1. The van der Waals surface area contributed by atoms with E-state index < -0.39 is 11.2 Å². The molecule has 1 atom stereocenters. The molecule has 30 heavy (non-hydrogen) atoms. The van der Waals surface area contributed by atoms with Gasteiger partial charge in [0.25, 0.3) is 0 Å². The first-order valence-corrected chi connectivity index (χ1v) is 11.4. The van der Waals surface area contributed by atoms with Crippen molar-refractivity contribution in [3.05, 3.63) is 35.6 Å². The molecule has 162 valence electrons. The molecule has 1 saturated carbocycles. The summed E-state index contributed by atoms with van der Waals surface area (Å²) in [6, 6.07) is 5.81. The Morgan fingerprint density at radius 1 is 1.00 bits per heavy atom. The summed E-state index contributed by atoms with van der Waals surface area (Å²) < 4.78 is 14.1. The number of hydrogen-bond donors (Lipinski definition) is 0. The lowest BCUT2D eigenvalue weighted by Crippen LogP contribution is -2.46. The Labute approximate surface area is 177 Å². The van der Waals surface area contributed by atoms with Crippen LogP contribution in [-0.4, -0.2) is 46.7 Å². The summed E-state index contributed by atoms with van der Waals surface area (Å²) in [5, 5.41) is 0. The predicted octanol–water partition coefficient (Wildman–Crippen LogP) is 3.95. The van der Waals surface area contributed by atoms with Crippen molar-refractivity contribution in [2.45, 2.75) is 82.1 Å². The van der Waals surface area contributed by atoms with Crippen LogP contribution in [0.25, 0.3) is 0 Å². The second kappa shape index (κ2) is 8.86. The lowest BCUT2D eigenvalue weighted by atomic mass is 9.75. The number of hydrogen-bond acceptors (Lipinski definition) is 3. The topological polar surface area (TPSA) is 57.7 Å². The molecular weight excluding hydrogens is 383 g/mol. The molecule has 0 N–H and O–H groups in total. The Bertz CT molecular complexity index is 812. The van der Waals surface area contributed by atoms with Crippen LogP contribution >= 0.6 is 0 Å². The summed E-state index contributed by atoms with van der Waals surface area (Å²) in [5.41, 5.74) is -0.844. The van der Waals surface area contributed by atoms with Crippen LogP contribution in [0.15, 0.2) is 24.3 Å². The molecule has 2 saturated heterocycles. The minimum absolute atomic E-state index is 0.0502. The highest BCUT2D eigenvalue weighted by atomic mass is 19.1. The Balaban J connectivity index is 1.65. The maximum Gasteiger partial charge on any atom is 0.241 e. The molecule has 0 spiro atoms. The second-order valence-electron chi connectivity index (χ2n) is 9.10. The number of likely N-dealkylation sites (tertiary alicyclic amines) is 2. The normalized spacial score (nSPS) is 26.2. The minimum Gasteiger partial charge on any atom is -0.343 e. The molecule has 0 radical (unpaired) electrons. The van der Waals surface area contributed by atoms with E-state index in [-0.39, 0.29) is 36.6 Å². The summed E-state index contributed by atoms with van der Waals surface area (Å²) in [6.45, 7) is 1.37. The molecule has 4 rings (SSSR count). The number of amides is 3. The van der Waals surface area contributed by atoms with Crippen LogP contribution in [-0.2, 0) is 19.8 Å². The van der Waals surface area contributed by atoms with Gasteiger partial charge in [-0.2, -0.15) is 0 Å². The number of halogens is 1. The van der Waals surface area contributed by atoms with Crippen LogP contribution < -0.4 is 0 Å². The smallest absolute Gasteiger partial charge is 0.241 e. The SMILES string of the molecule is O=C(CC1(c2cccc(F)c2)CC(=O)N(C2CCCC2)C1=O)N1CCCCCCC1. The van der Waals surface area contributed by atoms with E-state index in [9.17, 15) is 18.8 Å². The zero-order valence-electron chi connectivity index (χ0n) is 17.6. The predicted molar refractivity (Wildman–Crippen MR) is 111 cm³/mol. The molecule has 3 aliphatic rings. The highest BCUT2D eigenvalue weighted by Gasteiger charge is 2.56. The summed E-state index contributed by atoms with van der Waals surface area (Å²) in [5.74, 6) is -1.09. The van der Waals surface area contributed by atoms with Gasteiger partial charge in [0.1, 0.15) is 5.82 Å². The molecule has 2 heterocycles. The third-order valence-corrected chi connectivity index (χ3v) is 7.08. The van der Waals surface area contributed by atoms with Crippen LogP contribution in [0.5, 0.6) is 0 Å². The fraction of sp³-hybridized carbons (Fsp3) is 0.625. The van der Waals surface area contributed by atoms with Gasteiger partial charge < -0.3 is 4.90 Å². The summed E-state index contributed by atoms with van der Waals surface area (Å²) in [4.78, 5) is 43.2. The zero-order chi connectivity index (χ0) is 21.1. The minimum atomic E-state index is -1.29. The fourth-order valence-corrected chi connectivity index (χ4v) is 5.41. The lowest BCUT2D eigenvalue weighted by molar-refractivity contribution is -0.144. The molecule has 1 aromatic carbocycles. The van der Waals surface area contributed by atoms with Crippen LogP contribution in [0.2, 0.25) is 0 Å². The van der Waals surface area contributed by atoms with Crippen molar-refractivity contribution in [3.63, 3.8) is 0 Å². The van der Waals surface area contributed by atoms with Gasteiger partial charge in [-0.25, -0.2) is 4.39 Å². The number of imide groups is 1. The van der Waals surface area contributed by atoms with E-state index in [1.54, 1.807) is 12.1 Å². The Hall–Kier alpha value is -2.24. The number of carbonyl (C=O) groups excluding carboxylic acids is 3. The first kappa shape index (κ1) is 21.0. The zero-order valence-corrected chi connectivity index (χ0v) is 17.6. The molecule has 1 aliphatic carbocycles. The van der Waals surface area contributed by atoms with Crippen LogP contribution in [0.1, 0.15) is 76.2 Å². The third-order valence-electron chi connectivity index (χ3n) is 7.08. The lowest BCUT2D eigenvalue weighted by Gasteiger charge is -2.32. The molecule has 6 heteroatoms. The second-order valence-corrected chi connectivity index (χ2v) is 9.10. The number of rotatable bonds is 4. The van der Waals surface area contributed by atoms with Crippen molar-refractivity contribution in [3.8, 4) is 0 Å². The van der Waals surface area contributed by atoms with Gasteiger partial charge in [0, 0.05) is 32.0 Å². The van der Waals surface area contributed by atoms with Crippen molar-refractivity contribution < 1.29 is 18.8 Å². The van der Waals surface area contributed by atoms with Gasteiger partial charge in [-0.15, -0.1) is 0 Å². The van der Waals surface area contributed by atoms with Crippen LogP contribution in [0.4, 0.5) is 4.39 Å². The number of benzene rings is 1. The molecule has 0 aromatic heterocycles. The van der Waals surface area contributed by atoms with Gasteiger partial charge in [-0.3, -0.25) is 19.3 Å². The third kappa shape index (κ3) is 4.01. The van der Waals surface area contributed by atoms with Crippen molar-refractivity contribution in [2.75, 3.05) is 13.1 Å². The first-order valence-electron chi connectivity index (χ1n) is 11.4. The molecule has 1 unspecified atom stereocenters. The van der Waals surface area contributed by atoms with Crippen molar-refractivity contribution in [1.29, 1.82) is 0 Å². The van der Waals surface area contributed by atoms with Gasteiger partial charge >= 0.3 is 0 Å². The average Bonchev–Trinajstić information content (AvgIpc) is 3.28. The Morgan fingerprint density at radius 3 is 2.33 bits per heavy atom. The fourth-order valence-electron chi connectivity index (χ4n) is 5.41. The van der Waals surface area contributed by atoms with Gasteiger partial charge in [-0.05, 0) is 43.4 Å². The van der Waals surface area contributed by atoms with E-state index in [1.165, 1.54) is 23.5 Å². The average molecular weight is 415 g/mol. The number of carbonyl (C=O) groups is 3. The van der Waals surface area contributed by atoms with Gasteiger partial charge in [0.05, 0.1) is 5.41 Å².